The topological polar surface area (TPSA) is 76.8 Å². The van der Waals surface area contributed by atoms with Crippen LogP contribution >= 0.6 is 0 Å². The van der Waals surface area contributed by atoms with Crippen molar-refractivity contribution in [1.82, 2.24) is 0 Å². The molecule has 0 rings (SSSR count). The van der Waals surface area contributed by atoms with E-state index in [2.05, 4.69) is 17.0 Å². The Kier molecular flexibility index (Phi) is 10.2. The summed E-state index contributed by atoms with van der Waals surface area (Å²) in [6.45, 7) is 2.24. The first-order chi connectivity index (χ1) is 7.31. The van der Waals surface area contributed by atoms with Gasteiger partial charge in [0.25, 0.3) is 0 Å². The van der Waals surface area contributed by atoms with Gasteiger partial charge in [-0.1, -0.05) is 45.4 Å². The molecule has 0 aromatic rings. The fraction of sp³-hybridized carbons (Fsp3) is 0.818. The van der Waals surface area contributed by atoms with Crippen LogP contribution in [0.4, 0.5) is 0 Å². The molecule has 4 nitrogen and oxygen atoms in total. The SMILES string of the molecule is CCCCCCCCCC=N/C(N)=N/N. The first-order valence-electron chi connectivity index (χ1n) is 5.87. The maximum atomic E-state index is 5.30. The highest BCUT2D eigenvalue weighted by Gasteiger charge is 1.89. The Morgan fingerprint density at radius 3 is 2.27 bits per heavy atom. The Morgan fingerprint density at radius 1 is 1.07 bits per heavy atom. The lowest BCUT2D eigenvalue weighted by Crippen LogP contribution is -2.10. The van der Waals surface area contributed by atoms with Crippen LogP contribution in [-0.4, -0.2) is 12.2 Å². The summed E-state index contributed by atoms with van der Waals surface area (Å²) in [5, 5.41) is 3.25. The van der Waals surface area contributed by atoms with E-state index in [0.29, 0.717) is 0 Å². The summed E-state index contributed by atoms with van der Waals surface area (Å²) in [6.07, 6.45) is 11.9. The second-order valence-corrected chi connectivity index (χ2v) is 3.71. The number of rotatable bonds is 8. The zero-order valence-corrected chi connectivity index (χ0v) is 9.78. The second kappa shape index (κ2) is 11.0. The Labute approximate surface area is 92.8 Å². The van der Waals surface area contributed by atoms with Crippen molar-refractivity contribution in [3.05, 3.63) is 0 Å². The van der Waals surface area contributed by atoms with Crippen LogP contribution < -0.4 is 11.6 Å². The summed E-state index contributed by atoms with van der Waals surface area (Å²) in [5.74, 6) is 5.08. The standard InChI is InChI=1S/C11H24N4/c1-2-3-4-5-6-7-8-9-10-14-11(12)15-13/h10H,2-9,13H2,1H3,(H2,12,15). The summed E-state index contributed by atoms with van der Waals surface area (Å²) in [4.78, 5) is 3.87. The van der Waals surface area contributed by atoms with E-state index < -0.39 is 0 Å². The number of aliphatic imine (C=N–C) groups is 1. The highest BCUT2D eigenvalue weighted by atomic mass is 15.2. The highest BCUT2D eigenvalue weighted by Crippen LogP contribution is 2.07. The lowest BCUT2D eigenvalue weighted by molar-refractivity contribution is 0.596. The van der Waals surface area contributed by atoms with Crippen molar-refractivity contribution >= 4 is 12.2 Å². The lowest BCUT2D eigenvalue weighted by atomic mass is 10.1. The Hall–Kier alpha value is -1.06. The number of hydrogen-bond donors (Lipinski definition) is 2. The third-order valence-electron chi connectivity index (χ3n) is 2.29. The van der Waals surface area contributed by atoms with Crippen molar-refractivity contribution in [2.24, 2.45) is 21.7 Å². The molecule has 0 fully saturated rings. The lowest BCUT2D eigenvalue weighted by Gasteiger charge is -1.98. The van der Waals surface area contributed by atoms with Gasteiger partial charge in [0, 0.05) is 6.21 Å². The van der Waals surface area contributed by atoms with Gasteiger partial charge in [0.05, 0.1) is 0 Å². The summed E-state index contributed by atoms with van der Waals surface area (Å²) >= 11 is 0. The summed E-state index contributed by atoms with van der Waals surface area (Å²) in [7, 11) is 0. The molecule has 4 N–H and O–H groups in total. The zero-order valence-electron chi connectivity index (χ0n) is 9.78. The largest absolute Gasteiger partial charge is 0.367 e. The van der Waals surface area contributed by atoms with Crippen molar-refractivity contribution in [3.63, 3.8) is 0 Å². The van der Waals surface area contributed by atoms with Gasteiger partial charge in [-0.25, -0.2) is 4.99 Å². The van der Waals surface area contributed by atoms with Crippen LogP contribution in [0.15, 0.2) is 10.1 Å². The van der Waals surface area contributed by atoms with Crippen molar-refractivity contribution in [3.8, 4) is 0 Å². The van der Waals surface area contributed by atoms with Crippen molar-refractivity contribution in [1.29, 1.82) is 0 Å². The van der Waals surface area contributed by atoms with Gasteiger partial charge in [-0.3, -0.25) is 0 Å². The second-order valence-electron chi connectivity index (χ2n) is 3.71. The molecule has 0 aliphatic rings. The smallest absolute Gasteiger partial charge is 0.236 e. The van der Waals surface area contributed by atoms with Crippen molar-refractivity contribution in [2.45, 2.75) is 58.3 Å². The number of guanidine groups is 1. The van der Waals surface area contributed by atoms with Crippen LogP contribution in [0.1, 0.15) is 58.3 Å². The van der Waals surface area contributed by atoms with Crippen LogP contribution in [0.25, 0.3) is 0 Å². The van der Waals surface area contributed by atoms with Crippen LogP contribution in [0.5, 0.6) is 0 Å². The Bertz CT molecular complexity index is 187. The van der Waals surface area contributed by atoms with E-state index in [1.165, 1.54) is 44.9 Å². The molecule has 0 spiro atoms. The predicted octanol–water partition coefficient (Wildman–Crippen LogP) is 2.39. The van der Waals surface area contributed by atoms with Crippen LogP contribution in [0.2, 0.25) is 0 Å². The van der Waals surface area contributed by atoms with Crippen molar-refractivity contribution in [2.75, 3.05) is 0 Å². The molecule has 0 bridgehead atoms. The van der Waals surface area contributed by atoms with Gasteiger partial charge in [-0.15, -0.1) is 5.10 Å². The maximum Gasteiger partial charge on any atom is 0.236 e. The molecule has 15 heavy (non-hydrogen) atoms. The quantitative estimate of drug-likeness (QED) is 0.213. The summed E-state index contributed by atoms with van der Waals surface area (Å²) < 4.78 is 0. The van der Waals surface area contributed by atoms with E-state index >= 15 is 0 Å². The zero-order chi connectivity index (χ0) is 11.4. The molecule has 0 unspecified atom stereocenters. The van der Waals surface area contributed by atoms with E-state index in [4.69, 9.17) is 11.6 Å². The van der Waals surface area contributed by atoms with Gasteiger partial charge in [0.2, 0.25) is 5.96 Å². The fourth-order valence-corrected chi connectivity index (χ4v) is 1.38. The molecule has 0 aromatic heterocycles. The average molecular weight is 212 g/mol. The minimum Gasteiger partial charge on any atom is -0.367 e. The van der Waals surface area contributed by atoms with E-state index in [-0.39, 0.29) is 5.96 Å². The highest BCUT2D eigenvalue weighted by molar-refractivity contribution is 5.85. The number of nitrogens with two attached hydrogens (primary N) is 2. The normalized spacial score (nSPS) is 12.5. The molecule has 0 aromatic carbocycles. The molecule has 0 amide bonds. The molecule has 4 heteroatoms. The third-order valence-corrected chi connectivity index (χ3v) is 2.29. The van der Waals surface area contributed by atoms with Gasteiger partial charge >= 0.3 is 0 Å². The van der Waals surface area contributed by atoms with E-state index in [1.54, 1.807) is 6.21 Å². The van der Waals surface area contributed by atoms with Crippen molar-refractivity contribution < 1.29 is 0 Å². The van der Waals surface area contributed by atoms with Crippen LogP contribution in [-0.2, 0) is 0 Å². The molecule has 88 valence electrons. The molecule has 0 aliphatic carbocycles. The molecule has 0 aliphatic heterocycles. The van der Waals surface area contributed by atoms with Crippen LogP contribution in [0, 0.1) is 0 Å². The van der Waals surface area contributed by atoms with Gasteiger partial charge in [0.15, 0.2) is 0 Å². The molecule has 0 saturated carbocycles. The van der Waals surface area contributed by atoms with Gasteiger partial charge in [-0.05, 0) is 12.8 Å². The van der Waals surface area contributed by atoms with E-state index in [9.17, 15) is 0 Å². The molecule has 0 atom stereocenters. The molecule has 0 heterocycles. The minimum absolute atomic E-state index is 0.151. The number of unbranched alkanes of at least 4 members (excludes halogenated alkanes) is 7. The Morgan fingerprint density at radius 2 is 1.67 bits per heavy atom. The van der Waals surface area contributed by atoms with Gasteiger partial charge in [0.1, 0.15) is 0 Å². The van der Waals surface area contributed by atoms with E-state index in [1.807, 2.05) is 0 Å². The van der Waals surface area contributed by atoms with Gasteiger partial charge < -0.3 is 11.6 Å². The van der Waals surface area contributed by atoms with Gasteiger partial charge in [-0.2, -0.15) is 0 Å². The molecular formula is C11H24N4. The van der Waals surface area contributed by atoms with E-state index in [0.717, 1.165) is 6.42 Å². The number of nitrogens with zero attached hydrogens (tertiary/aromatic N) is 2. The fourth-order valence-electron chi connectivity index (χ4n) is 1.38. The first kappa shape index (κ1) is 13.9. The molecule has 0 saturated heterocycles. The minimum atomic E-state index is 0.151. The summed E-state index contributed by atoms with van der Waals surface area (Å²) in [6, 6.07) is 0. The molecule has 0 radical (unpaired) electrons. The Balaban J connectivity index is 3.14. The number of hydrogen-bond acceptors (Lipinski definition) is 2. The first-order valence-corrected chi connectivity index (χ1v) is 5.87. The predicted molar refractivity (Wildman–Crippen MR) is 66.9 cm³/mol. The maximum absolute atomic E-state index is 5.30. The third kappa shape index (κ3) is 10.9. The molecular weight excluding hydrogens is 188 g/mol. The monoisotopic (exact) mass is 212 g/mol. The number of hydrazone groups is 1. The summed E-state index contributed by atoms with van der Waals surface area (Å²) in [5.41, 5.74) is 5.30. The van der Waals surface area contributed by atoms with Crippen LogP contribution in [0.3, 0.4) is 0 Å². The average Bonchev–Trinajstić information content (AvgIpc) is 2.26.